The number of benzene rings is 1. The molecule has 0 bridgehead atoms. The summed E-state index contributed by atoms with van der Waals surface area (Å²) in [5, 5.41) is 5.86. The van der Waals surface area contributed by atoms with E-state index in [0.717, 1.165) is 11.0 Å². The van der Waals surface area contributed by atoms with Gasteiger partial charge in [-0.15, -0.1) is 24.2 Å². The van der Waals surface area contributed by atoms with E-state index in [1.807, 2.05) is 7.05 Å². The van der Waals surface area contributed by atoms with Gasteiger partial charge in [0.25, 0.3) is 0 Å². The van der Waals surface area contributed by atoms with Crippen LogP contribution < -0.4 is 10.6 Å². The van der Waals surface area contributed by atoms with Crippen molar-refractivity contribution in [2.45, 2.75) is 18.7 Å². The molecule has 0 aromatic heterocycles. The third-order valence-corrected chi connectivity index (χ3v) is 4.52. The molecule has 1 aromatic rings. The smallest absolute Gasteiger partial charge is 0.230 e. The van der Waals surface area contributed by atoms with Crippen LogP contribution in [0.3, 0.4) is 0 Å². The molecule has 1 aromatic carbocycles. The van der Waals surface area contributed by atoms with Gasteiger partial charge >= 0.3 is 0 Å². The maximum Gasteiger partial charge on any atom is 0.230 e. The summed E-state index contributed by atoms with van der Waals surface area (Å²) in [6, 6.07) is 4.21. The molecule has 0 atom stereocenters. The Morgan fingerprint density at radius 3 is 2.58 bits per heavy atom. The monoisotopic (exact) mass is 366 g/mol. The highest BCUT2D eigenvalue weighted by Gasteiger charge is 2.06. The fourth-order valence-electron chi connectivity index (χ4n) is 1.43. The highest BCUT2D eigenvalue weighted by Crippen LogP contribution is 2.28. The van der Waals surface area contributed by atoms with Crippen LogP contribution in [-0.2, 0) is 4.79 Å². The second-order valence-electron chi connectivity index (χ2n) is 4.11. The minimum atomic E-state index is 0. The van der Waals surface area contributed by atoms with Gasteiger partial charge < -0.3 is 10.6 Å². The van der Waals surface area contributed by atoms with Crippen LogP contribution in [0.2, 0.25) is 0 Å². The summed E-state index contributed by atoms with van der Waals surface area (Å²) in [4.78, 5) is 12.8. The molecular weight excluding hydrogens is 348 g/mol. The molecule has 1 amide bonds. The van der Waals surface area contributed by atoms with Crippen molar-refractivity contribution in [3.05, 3.63) is 27.7 Å². The van der Waals surface area contributed by atoms with Crippen LogP contribution in [0.5, 0.6) is 0 Å². The van der Waals surface area contributed by atoms with Gasteiger partial charge in [-0.1, -0.05) is 15.9 Å². The number of nitrogens with one attached hydrogen (secondary N) is 2. The predicted molar refractivity (Wildman–Crippen MR) is 88.5 cm³/mol. The van der Waals surface area contributed by atoms with Crippen molar-refractivity contribution < 1.29 is 4.79 Å². The summed E-state index contributed by atoms with van der Waals surface area (Å²) in [5.74, 6) is 0.543. The van der Waals surface area contributed by atoms with E-state index in [0.29, 0.717) is 12.3 Å². The molecule has 1 rings (SSSR count). The fourth-order valence-corrected chi connectivity index (χ4v) is 2.82. The summed E-state index contributed by atoms with van der Waals surface area (Å²) in [6.45, 7) is 5.59. The SMILES string of the molecule is CNCCNC(=O)CSc1cc(C)c(Br)cc1C.Cl. The average molecular weight is 368 g/mol. The van der Waals surface area contributed by atoms with E-state index >= 15 is 0 Å². The van der Waals surface area contributed by atoms with E-state index in [9.17, 15) is 4.79 Å². The van der Waals surface area contributed by atoms with E-state index in [4.69, 9.17) is 0 Å². The Balaban J connectivity index is 0.00000324. The number of likely N-dealkylation sites (N-methyl/N-ethyl adjacent to an activating group) is 1. The Morgan fingerprint density at radius 2 is 1.95 bits per heavy atom. The number of aryl methyl sites for hydroxylation is 2. The molecule has 0 aliphatic rings. The lowest BCUT2D eigenvalue weighted by Crippen LogP contribution is -2.31. The van der Waals surface area contributed by atoms with Crippen LogP contribution in [0.15, 0.2) is 21.5 Å². The number of rotatable bonds is 6. The maximum atomic E-state index is 11.6. The largest absolute Gasteiger partial charge is 0.354 e. The first-order chi connectivity index (χ1) is 8.54. The van der Waals surface area contributed by atoms with Crippen LogP contribution in [0.25, 0.3) is 0 Å². The number of carbonyl (C=O) groups excluding carboxylic acids is 1. The molecule has 0 unspecified atom stereocenters. The van der Waals surface area contributed by atoms with Gasteiger partial charge in [0.1, 0.15) is 0 Å². The molecule has 0 aliphatic heterocycles. The molecule has 0 heterocycles. The van der Waals surface area contributed by atoms with E-state index in [1.54, 1.807) is 11.8 Å². The van der Waals surface area contributed by atoms with Crippen molar-refractivity contribution in [1.29, 1.82) is 0 Å². The van der Waals surface area contributed by atoms with Crippen molar-refractivity contribution in [1.82, 2.24) is 10.6 Å². The summed E-state index contributed by atoms with van der Waals surface area (Å²) < 4.78 is 1.11. The lowest BCUT2D eigenvalue weighted by Gasteiger charge is -2.09. The van der Waals surface area contributed by atoms with Crippen molar-refractivity contribution in [3.63, 3.8) is 0 Å². The van der Waals surface area contributed by atoms with Gasteiger partial charge in [-0.05, 0) is 44.2 Å². The first-order valence-electron chi connectivity index (χ1n) is 5.85. The summed E-state index contributed by atoms with van der Waals surface area (Å²) >= 11 is 5.09. The topological polar surface area (TPSA) is 41.1 Å². The van der Waals surface area contributed by atoms with Crippen LogP contribution in [0, 0.1) is 13.8 Å². The summed E-state index contributed by atoms with van der Waals surface area (Å²) in [7, 11) is 1.87. The van der Waals surface area contributed by atoms with Gasteiger partial charge in [0.05, 0.1) is 5.75 Å². The first-order valence-corrected chi connectivity index (χ1v) is 7.63. The molecule has 0 fully saturated rings. The Bertz CT molecular complexity index is 429. The second-order valence-corrected chi connectivity index (χ2v) is 5.98. The Kier molecular flexibility index (Phi) is 9.52. The van der Waals surface area contributed by atoms with E-state index in [1.165, 1.54) is 16.0 Å². The molecule has 6 heteroatoms. The minimum Gasteiger partial charge on any atom is -0.354 e. The molecule has 108 valence electrons. The molecule has 0 saturated carbocycles. The molecule has 0 radical (unpaired) electrons. The van der Waals surface area contributed by atoms with Crippen molar-refractivity contribution in [2.75, 3.05) is 25.9 Å². The van der Waals surface area contributed by atoms with Crippen molar-refractivity contribution >= 4 is 46.0 Å². The maximum absolute atomic E-state index is 11.6. The molecule has 3 nitrogen and oxygen atoms in total. The van der Waals surface area contributed by atoms with Crippen molar-refractivity contribution in [2.24, 2.45) is 0 Å². The minimum absolute atomic E-state index is 0. The number of hydrogen-bond donors (Lipinski definition) is 2. The second kappa shape index (κ2) is 9.64. The molecule has 0 saturated heterocycles. The Hall–Kier alpha value is -0.230. The predicted octanol–water partition coefficient (Wildman–Crippen LogP) is 2.92. The average Bonchev–Trinajstić information content (AvgIpc) is 2.32. The highest BCUT2D eigenvalue weighted by molar-refractivity contribution is 9.10. The van der Waals surface area contributed by atoms with Gasteiger partial charge in [-0.3, -0.25) is 4.79 Å². The highest BCUT2D eigenvalue weighted by atomic mass is 79.9. The quantitative estimate of drug-likeness (QED) is 0.600. The van der Waals surface area contributed by atoms with E-state index < -0.39 is 0 Å². The van der Waals surface area contributed by atoms with Gasteiger partial charge in [-0.2, -0.15) is 0 Å². The van der Waals surface area contributed by atoms with Crippen LogP contribution in [0.4, 0.5) is 0 Å². The Morgan fingerprint density at radius 1 is 1.26 bits per heavy atom. The van der Waals surface area contributed by atoms with Crippen LogP contribution >= 0.6 is 40.1 Å². The lowest BCUT2D eigenvalue weighted by molar-refractivity contribution is -0.118. The number of thioether (sulfide) groups is 1. The number of hydrogen-bond acceptors (Lipinski definition) is 3. The van der Waals surface area contributed by atoms with Crippen molar-refractivity contribution in [3.8, 4) is 0 Å². The van der Waals surface area contributed by atoms with E-state index in [2.05, 4.69) is 52.5 Å². The zero-order valence-electron chi connectivity index (χ0n) is 11.4. The van der Waals surface area contributed by atoms with Crippen LogP contribution in [0.1, 0.15) is 11.1 Å². The molecule has 2 N–H and O–H groups in total. The lowest BCUT2D eigenvalue weighted by atomic mass is 10.2. The normalized spacial score (nSPS) is 9.89. The third-order valence-electron chi connectivity index (χ3n) is 2.51. The van der Waals surface area contributed by atoms with E-state index in [-0.39, 0.29) is 18.3 Å². The summed E-state index contributed by atoms with van der Waals surface area (Å²) in [6.07, 6.45) is 0. The van der Waals surface area contributed by atoms with Gasteiger partial charge in [0.15, 0.2) is 0 Å². The van der Waals surface area contributed by atoms with Gasteiger partial charge in [0, 0.05) is 22.5 Å². The molecule has 19 heavy (non-hydrogen) atoms. The van der Waals surface area contributed by atoms with Gasteiger partial charge in [-0.25, -0.2) is 0 Å². The summed E-state index contributed by atoms with van der Waals surface area (Å²) in [5.41, 5.74) is 2.39. The molecular formula is C13H20BrClN2OS. The fraction of sp³-hybridized carbons (Fsp3) is 0.462. The first kappa shape index (κ1) is 18.8. The number of amides is 1. The molecule has 0 aliphatic carbocycles. The Labute approximate surface area is 133 Å². The number of halogens is 2. The third kappa shape index (κ3) is 6.65. The van der Waals surface area contributed by atoms with Crippen LogP contribution in [-0.4, -0.2) is 31.8 Å². The zero-order chi connectivity index (χ0) is 13.5. The van der Waals surface area contributed by atoms with Gasteiger partial charge in [0.2, 0.25) is 5.91 Å². The molecule has 0 spiro atoms. The number of carbonyl (C=O) groups is 1. The zero-order valence-corrected chi connectivity index (χ0v) is 14.6. The standard InChI is InChI=1S/C13H19BrN2OS.ClH/c1-9-7-12(10(2)6-11(9)14)18-8-13(17)16-5-4-15-3;/h6-7,15H,4-5,8H2,1-3H3,(H,16,17);1H.